The third-order valence-corrected chi connectivity index (χ3v) is 4.28. The molecule has 0 saturated carbocycles. The van der Waals surface area contributed by atoms with E-state index in [0.717, 1.165) is 4.90 Å². The number of carboxylic acid groups (broad SMARTS) is 1. The summed E-state index contributed by atoms with van der Waals surface area (Å²) >= 11 is 0. The number of imide groups is 2. The smallest absolute Gasteiger partial charge is 0.339 e. The summed E-state index contributed by atoms with van der Waals surface area (Å²) in [6.45, 7) is 2.00. The molecule has 30 heavy (non-hydrogen) atoms. The highest BCUT2D eigenvalue weighted by Crippen LogP contribution is 2.26. The molecule has 0 spiro atoms. The lowest BCUT2D eigenvalue weighted by Crippen LogP contribution is -2.54. The van der Waals surface area contributed by atoms with Crippen LogP contribution in [0.5, 0.6) is 11.5 Å². The SMILES string of the molecule is CCOc1ccc(/C=C2\C(=O)NC(=O)N(c3ccc(OC)cc3)C2=O)cc1C(=O)O. The zero-order valence-electron chi connectivity index (χ0n) is 16.2. The molecule has 0 aliphatic carbocycles. The van der Waals surface area contributed by atoms with Crippen molar-refractivity contribution in [3.63, 3.8) is 0 Å². The molecule has 1 fully saturated rings. The molecule has 0 aromatic heterocycles. The molecule has 4 amide bonds. The monoisotopic (exact) mass is 410 g/mol. The quantitative estimate of drug-likeness (QED) is 0.554. The Morgan fingerprint density at radius 3 is 2.43 bits per heavy atom. The van der Waals surface area contributed by atoms with E-state index in [4.69, 9.17) is 9.47 Å². The molecular weight excluding hydrogens is 392 g/mol. The Labute approximate surface area is 171 Å². The Kier molecular flexibility index (Phi) is 5.82. The average Bonchev–Trinajstić information content (AvgIpc) is 2.72. The van der Waals surface area contributed by atoms with Crippen LogP contribution in [0.25, 0.3) is 6.08 Å². The van der Waals surface area contributed by atoms with Crippen LogP contribution >= 0.6 is 0 Å². The standard InChI is InChI=1S/C21H18N2O7/c1-3-30-17-9-4-12(10-15(17)20(26)27)11-16-18(24)22-21(28)23(19(16)25)13-5-7-14(29-2)8-6-13/h4-11H,3H2,1-2H3,(H,26,27)(H,22,24,28)/b16-11+. The Morgan fingerprint density at radius 1 is 1.13 bits per heavy atom. The number of aromatic carboxylic acids is 1. The number of barbiturate groups is 1. The van der Waals surface area contributed by atoms with Crippen LogP contribution in [0.1, 0.15) is 22.8 Å². The summed E-state index contributed by atoms with van der Waals surface area (Å²) in [6, 6.07) is 9.50. The van der Waals surface area contributed by atoms with E-state index in [0.29, 0.717) is 11.3 Å². The second-order valence-corrected chi connectivity index (χ2v) is 6.15. The molecule has 1 heterocycles. The van der Waals surface area contributed by atoms with Crippen molar-refractivity contribution in [1.82, 2.24) is 5.32 Å². The van der Waals surface area contributed by atoms with Crippen molar-refractivity contribution in [3.8, 4) is 11.5 Å². The largest absolute Gasteiger partial charge is 0.497 e. The van der Waals surface area contributed by atoms with Crippen molar-refractivity contribution in [2.75, 3.05) is 18.6 Å². The number of methoxy groups -OCH3 is 1. The van der Waals surface area contributed by atoms with Gasteiger partial charge in [-0.3, -0.25) is 14.9 Å². The van der Waals surface area contributed by atoms with E-state index < -0.39 is 23.8 Å². The first kappa shape index (κ1) is 20.6. The van der Waals surface area contributed by atoms with E-state index in [1.807, 2.05) is 0 Å². The number of hydrogen-bond donors (Lipinski definition) is 2. The van der Waals surface area contributed by atoms with Gasteiger partial charge in [0.15, 0.2) is 0 Å². The van der Waals surface area contributed by atoms with Crippen LogP contribution in [0.4, 0.5) is 10.5 Å². The van der Waals surface area contributed by atoms with Gasteiger partial charge >= 0.3 is 12.0 Å². The van der Waals surface area contributed by atoms with E-state index in [9.17, 15) is 24.3 Å². The van der Waals surface area contributed by atoms with Crippen LogP contribution in [0, 0.1) is 0 Å². The van der Waals surface area contributed by atoms with Crippen LogP contribution in [0.3, 0.4) is 0 Å². The molecule has 3 rings (SSSR count). The number of nitrogens with one attached hydrogen (secondary N) is 1. The Bertz CT molecular complexity index is 1060. The fraction of sp³-hybridized carbons (Fsp3) is 0.143. The lowest BCUT2D eigenvalue weighted by Gasteiger charge is -2.26. The fourth-order valence-corrected chi connectivity index (χ4v) is 2.88. The second-order valence-electron chi connectivity index (χ2n) is 6.15. The van der Waals surface area contributed by atoms with Gasteiger partial charge in [-0.1, -0.05) is 6.07 Å². The van der Waals surface area contributed by atoms with E-state index >= 15 is 0 Å². The third-order valence-electron chi connectivity index (χ3n) is 4.28. The normalized spacial score (nSPS) is 15.2. The molecule has 9 nitrogen and oxygen atoms in total. The fourth-order valence-electron chi connectivity index (χ4n) is 2.88. The lowest BCUT2D eigenvalue weighted by atomic mass is 10.0. The first-order chi connectivity index (χ1) is 14.3. The van der Waals surface area contributed by atoms with Crippen molar-refractivity contribution in [2.24, 2.45) is 0 Å². The first-order valence-electron chi connectivity index (χ1n) is 8.91. The van der Waals surface area contributed by atoms with Gasteiger partial charge in [-0.05, 0) is 55.0 Å². The van der Waals surface area contributed by atoms with Crippen LogP contribution in [-0.2, 0) is 9.59 Å². The summed E-state index contributed by atoms with van der Waals surface area (Å²) in [5.41, 5.74) is 0.108. The Balaban J connectivity index is 1.99. The van der Waals surface area contributed by atoms with E-state index in [1.165, 1.54) is 43.5 Å². The molecule has 1 aliphatic heterocycles. The van der Waals surface area contributed by atoms with Gasteiger partial charge in [0, 0.05) is 0 Å². The third kappa shape index (κ3) is 4.00. The van der Waals surface area contributed by atoms with Crippen molar-refractivity contribution in [2.45, 2.75) is 6.92 Å². The van der Waals surface area contributed by atoms with Crippen molar-refractivity contribution >= 4 is 35.6 Å². The van der Waals surface area contributed by atoms with Gasteiger partial charge in [0.05, 0.1) is 19.4 Å². The number of hydrogen-bond acceptors (Lipinski definition) is 6. The number of ether oxygens (including phenoxy) is 2. The summed E-state index contributed by atoms with van der Waals surface area (Å²) < 4.78 is 10.3. The minimum absolute atomic E-state index is 0.113. The molecule has 1 saturated heterocycles. The second kappa shape index (κ2) is 8.48. The number of carboxylic acids is 1. The molecule has 2 aromatic rings. The van der Waals surface area contributed by atoms with Crippen LogP contribution in [0.15, 0.2) is 48.0 Å². The highest BCUT2D eigenvalue weighted by atomic mass is 16.5. The summed E-state index contributed by atoms with van der Waals surface area (Å²) in [5, 5.41) is 11.5. The maximum Gasteiger partial charge on any atom is 0.339 e. The molecule has 0 radical (unpaired) electrons. The highest BCUT2D eigenvalue weighted by Gasteiger charge is 2.36. The Morgan fingerprint density at radius 2 is 1.83 bits per heavy atom. The number of carbonyl (C=O) groups excluding carboxylic acids is 3. The number of rotatable bonds is 6. The molecule has 9 heteroatoms. The van der Waals surface area contributed by atoms with E-state index in [1.54, 1.807) is 19.1 Å². The first-order valence-corrected chi connectivity index (χ1v) is 8.91. The van der Waals surface area contributed by atoms with Crippen LogP contribution in [-0.4, -0.2) is 42.6 Å². The molecule has 154 valence electrons. The number of carbonyl (C=O) groups is 4. The molecule has 0 bridgehead atoms. The predicted octanol–water partition coefficient (Wildman–Crippen LogP) is 2.46. The Hall–Kier alpha value is -4.14. The minimum atomic E-state index is -1.21. The van der Waals surface area contributed by atoms with Crippen LogP contribution < -0.4 is 19.7 Å². The summed E-state index contributed by atoms with van der Waals surface area (Å²) in [6.07, 6.45) is 1.22. The molecule has 2 N–H and O–H groups in total. The van der Waals surface area contributed by atoms with E-state index in [-0.39, 0.29) is 29.2 Å². The number of amides is 4. The number of nitrogens with zero attached hydrogens (tertiary/aromatic N) is 1. The predicted molar refractivity (Wildman–Crippen MR) is 107 cm³/mol. The van der Waals surface area contributed by atoms with E-state index in [2.05, 4.69) is 5.32 Å². The van der Waals surface area contributed by atoms with Crippen molar-refractivity contribution in [1.29, 1.82) is 0 Å². The van der Waals surface area contributed by atoms with Gasteiger partial charge in [0.2, 0.25) is 0 Å². The van der Waals surface area contributed by atoms with Gasteiger partial charge in [-0.15, -0.1) is 0 Å². The number of urea groups is 1. The molecule has 0 atom stereocenters. The average molecular weight is 410 g/mol. The number of anilines is 1. The van der Waals surface area contributed by atoms with Crippen molar-refractivity contribution < 1.29 is 33.8 Å². The molecular formula is C21H18N2O7. The number of benzene rings is 2. The molecule has 0 unspecified atom stereocenters. The topological polar surface area (TPSA) is 122 Å². The molecule has 1 aliphatic rings. The zero-order valence-corrected chi connectivity index (χ0v) is 16.2. The van der Waals surface area contributed by atoms with Gasteiger partial charge in [-0.25, -0.2) is 14.5 Å². The van der Waals surface area contributed by atoms with Gasteiger partial charge in [-0.2, -0.15) is 0 Å². The highest BCUT2D eigenvalue weighted by molar-refractivity contribution is 6.39. The lowest BCUT2D eigenvalue weighted by molar-refractivity contribution is -0.122. The van der Waals surface area contributed by atoms with Gasteiger partial charge in [0.1, 0.15) is 22.6 Å². The van der Waals surface area contributed by atoms with Crippen LogP contribution in [0.2, 0.25) is 0 Å². The summed E-state index contributed by atoms with van der Waals surface area (Å²) in [7, 11) is 1.48. The molecule has 2 aromatic carbocycles. The minimum Gasteiger partial charge on any atom is -0.497 e. The van der Waals surface area contributed by atoms with Gasteiger partial charge < -0.3 is 14.6 Å². The summed E-state index contributed by atoms with van der Waals surface area (Å²) in [4.78, 5) is 49.7. The van der Waals surface area contributed by atoms with Crippen molar-refractivity contribution in [3.05, 3.63) is 59.2 Å². The van der Waals surface area contributed by atoms with Gasteiger partial charge in [0.25, 0.3) is 11.8 Å². The summed E-state index contributed by atoms with van der Waals surface area (Å²) in [5.74, 6) is -2.22. The maximum absolute atomic E-state index is 12.9. The maximum atomic E-state index is 12.9. The zero-order chi connectivity index (χ0) is 21.8.